The molecular formula is C14H20N3O2+. The third-order valence-corrected chi connectivity index (χ3v) is 3.45. The predicted octanol–water partition coefficient (Wildman–Crippen LogP) is -0.663. The Balaban J connectivity index is 1.97. The van der Waals surface area contributed by atoms with Crippen molar-refractivity contribution in [3.05, 3.63) is 29.8 Å². The molecule has 0 radical (unpaired) electrons. The summed E-state index contributed by atoms with van der Waals surface area (Å²) in [6, 6.07) is 7.47. The van der Waals surface area contributed by atoms with Crippen LogP contribution in [0.2, 0.25) is 0 Å². The summed E-state index contributed by atoms with van der Waals surface area (Å²) < 4.78 is 0. The van der Waals surface area contributed by atoms with E-state index < -0.39 is 0 Å². The summed E-state index contributed by atoms with van der Waals surface area (Å²) in [5, 5.41) is 5.67. The number of rotatable bonds is 3. The van der Waals surface area contributed by atoms with Gasteiger partial charge in [0.1, 0.15) is 0 Å². The molecule has 0 aliphatic carbocycles. The quantitative estimate of drug-likeness (QED) is 0.677. The monoisotopic (exact) mass is 262 g/mol. The largest absolute Gasteiger partial charge is 0.346 e. The summed E-state index contributed by atoms with van der Waals surface area (Å²) in [5.41, 5.74) is 1.91. The van der Waals surface area contributed by atoms with E-state index in [0.717, 1.165) is 22.7 Å². The maximum Gasteiger partial charge on any atom is 0.282 e. The van der Waals surface area contributed by atoms with E-state index >= 15 is 0 Å². The van der Waals surface area contributed by atoms with E-state index in [1.165, 1.54) is 0 Å². The van der Waals surface area contributed by atoms with Crippen LogP contribution in [0.4, 0.5) is 5.69 Å². The molecule has 1 aromatic rings. The first-order chi connectivity index (χ1) is 9.06. The Morgan fingerprint density at radius 2 is 2.26 bits per heavy atom. The molecule has 1 fully saturated rings. The van der Waals surface area contributed by atoms with Crippen LogP contribution in [0.25, 0.3) is 0 Å². The summed E-state index contributed by atoms with van der Waals surface area (Å²) in [6.07, 6.45) is 0. The van der Waals surface area contributed by atoms with E-state index in [0.29, 0.717) is 13.1 Å². The standard InChI is InChI=1S/C14H19N3O2/c1-10-4-3-5-12(8-10)16-14(19)11(2)17-7-6-15-13(18)9-17/h3-5,8,11H,6-7,9H2,1-2H3,(H,15,18)(H,16,19)/p+1/t11-/m0/s1. The molecule has 1 aliphatic rings. The second-order valence-corrected chi connectivity index (χ2v) is 5.02. The SMILES string of the molecule is Cc1cccc(NC(=O)[C@H](C)[NH+]2CCNC(=O)C2)c1. The lowest BCUT2D eigenvalue weighted by atomic mass is 10.2. The third-order valence-electron chi connectivity index (χ3n) is 3.45. The Morgan fingerprint density at radius 3 is 2.95 bits per heavy atom. The van der Waals surface area contributed by atoms with Crippen LogP contribution in [0, 0.1) is 6.92 Å². The average molecular weight is 262 g/mol. The molecule has 1 saturated heterocycles. The van der Waals surface area contributed by atoms with E-state index in [1.54, 1.807) is 0 Å². The summed E-state index contributed by atoms with van der Waals surface area (Å²) in [5.74, 6) is -0.0354. The van der Waals surface area contributed by atoms with Crippen molar-refractivity contribution in [1.82, 2.24) is 5.32 Å². The van der Waals surface area contributed by atoms with Gasteiger partial charge in [0, 0.05) is 5.69 Å². The zero-order chi connectivity index (χ0) is 13.8. The molecule has 2 rings (SSSR count). The molecule has 1 aromatic carbocycles. The number of anilines is 1. The highest BCUT2D eigenvalue weighted by molar-refractivity contribution is 5.93. The summed E-state index contributed by atoms with van der Waals surface area (Å²) >= 11 is 0. The number of piperazine rings is 1. The second kappa shape index (κ2) is 5.84. The number of benzene rings is 1. The summed E-state index contributed by atoms with van der Waals surface area (Å²) in [4.78, 5) is 24.5. The fraction of sp³-hybridized carbons (Fsp3) is 0.429. The molecule has 0 spiro atoms. The van der Waals surface area contributed by atoms with Gasteiger partial charge in [-0.05, 0) is 31.5 Å². The minimum atomic E-state index is -0.230. The maximum absolute atomic E-state index is 12.2. The first kappa shape index (κ1) is 13.5. The van der Waals surface area contributed by atoms with Crippen molar-refractivity contribution in [2.45, 2.75) is 19.9 Å². The van der Waals surface area contributed by atoms with E-state index in [2.05, 4.69) is 10.6 Å². The number of quaternary nitrogens is 1. The normalized spacial score (nSPS) is 20.5. The molecule has 0 saturated carbocycles. The molecule has 0 bridgehead atoms. The number of carbonyl (C=O) groups is 2. The van der Waals surface area contributed by atoms with Gasteiger partial charge >= 0.3 is 0 Å². The van der Waals surface area contributed by atoms with Gasteiger partial charge in [0.25, 0.3) is 11.8 Å². The molecule has 2 amide bonds. The minimum absolute atomic E-state index is 0.0106. The molecule has 0 aromatic heterocycles. The van der Waals surface area contributed by atoms with Crippen LogP contribution >= 0.6 is 0 Å². The van der Waals surface area contributed by atoms with Crippen LogP contribution < -0.4 is 15.5 Å². The first-order valence-electron chi connectivity index (χ1n) is 6.55. The van der Waals surface area contributed by atoms with Gasteiger partial charge in [-0.3, -0.25) is 9.59 Å². The van der Waals surface area contributed by atoms with Gasteiger partial charge in [-0.2, -0.15) is 0 Å². The van der Waals surface area contributed by atoms with Crippen molar-refractivity contribution in [2.24, 2.45) is 0 Å². The number of hydrogen-bond acceptors (Lipinski definition) is 2. The minimum Gasteiger partial charge on any atom is -0.346 e. The van der Waals surface area contributed by atoms with Gasteiger partial charge in [-0.15, -0.1) is 0 Å². The lowest BCUT2D eigenvalue weighted by molar-refractivity contribution is -0.907. The lowest BCUT2D eigenvalue weighted by Gasteiger charge is -2.28. The Morgan fingerprint density at radius 1 is 1.47 bits per heavy atom. The van der Waals surface area contributed by atoms with Crippen molar-refractivity contribution in [3.8, 4) is 0 Å². The molecular weight excluding hydrogens is 242 g/mol. The number of aryl methyl sites for hydroxylation is 1. The fourth-order valence-corrected chi connectivity index (χ4v) is 2.25. The number of hydrogen-bond donors (Lipinski definition) is 3. The Labute approximate surface area is 113 Å². The molecule has 1 aliphatic heterocycles. The average Bonchev–Trinajstić information content (AvgIpc) is 2.38. The molecule has 5 nitrogen and oxygen atoms in total. The highest BCUT2D eigenvalue weighted by Gasteiger charge is 2.29. The van der Waals surface area contributed by atoms with Crippen LogP contribution in [-0.4, -0.2) is 37.5 Å². The molecule has 19 heavy (non-hydrogen) atoms. The predicted molar refractivity (Wildman–Crippen MR) is 73.0 cm³/mol. The van der Waals surface area contributed by atoms with E-state index in [1.807, 2.05) is 38.1 Å². The van der Waals surface area contributed by atoms with Gasteiger partial charge in [-0.25, -0.2) is 0 Å². The molecule has 5 heteroatoms. The number of amides is 2. The fourth-order valence-electron chi connectivity index (χ4n) is 2.25. The highest BCUT2D eigenvalue weighted by Crippen LogP contribution is 2.09. The molecule has 1 heterocycles. The van der Waals surface area contributed by atoms with E-state index in [-0.39, 0.29) is 17.9 Å². The van der Waals surface area contributed by atoms with Gasteiger partial charge < -0.3 is 15.5 Å². The van der Waals surface area contributed by atoms with Gasteiger partial charge in [0.05, 0.1) is 13.1 Å². The second-order valence-electron chi connectivity index (χ2n) is 5.02. The Kier molecular flexibility index (Phi) is 4.16. The first-order valence-corrected chi connectivity index (χ1v) is 6.55. The van der Waals surface area contributed by atoms with Crippen molar-refractivity contribution in [1.29, 1.82) is 0 Å². The van der Waals surface area contributed by atoms with E-state index in [9.17, 15) is 9.59 Å². The Hall–Kier alpha value is -1.88. The molecule has 102 valence electrons. The molecule has 3 N–H and O–H groups in total. The summed E-state index contributed by atoms with van der Waals surface area (Å²) in [7, 11) is 0. The zero-order valence-electron chi connectivity index (χ0n) is 11.3. The van der Waals surface area contributed by atoms with Crippen LogP contribution in [0.3, 0.4) is 0 Å². The van der Waals surface area contributed by atoms with Crippen LogP contribution in [-0.2, 0) is 9.59 Å². The lowest BCUT2D eigenvalue weighted by Crippen LogP contribution is -3.19. The van der Waals surface area contributed by atoms with Crippen molar-refractivity contribution in [2.75, 3.05) is 25.0 Å². The van der Waals surface area contributed by atoms with Gasteiger partial charge in [0.15, 0.2) is 12.6 Å². The Bertz CT molecular complexity index is 487. The van der Waals surface area contributed by atoms with Crippen LogP contribution in [0.1, 0.15) is 12.5 Å². The van der Waals surface area contributed by atoms with Crippen LogP contribution in [0.5, 0.6) is 0 Å². The van der Waals surface area contributed by atoms with Crippen molar-refractivity contribution >= 4 is 17.5 Å². The van der Waals surface area contributed by atoms with Crippen molar-refractivity contribution < 1.29 is 14.5 Å². The van der Waals surface area contributed by atoms with Crippen LogP contribution in [0.15, 0.2) is 24.3 Å². The number of nitrogens with one attached hydrogen (secondary N) is 3. The third kappa shape index (κ3) is 3.54. The van der Waals surface area contributed by atoms with Gasteiger partial charge in [-0.1, -0.05) is 12.1 Å². The summed E-state index contributed by atoms with van der Waals surface area (Å²) in [6.45, 7) is 5.63. The molecule has 2 atom stereocenters. The van der Waals surface area contributed by atoms with Gasteiger partial charge in [0.2, 0.25) is 0 Å². The highest BCUT2D eigenvalue weighted by atomic mass is 16.2. The number of carbonyl (C=O) groups excluding carboxylic acids is 2. The van der Waals surface area contributed by atoms with Crippen molar-refractivity contribution in [3.63, 3.8) is 0 Å². The maximum atomic E-state index is 12.2. The topological polar surface area (TPSA) is 62.6 Å². The zero-order valence-corrected chi connectivity index (χ0v) is 11.3. The van der Waals surface area contributed by atoms with E-state index in [4.69, 9.17) is 0 Å². The smallest absolute Gasteiger partial charge is 0.282 e. The molecule has 1 unspecified atom stereocenters.